The Bertz CT molecular complexity index is 720. The van der Waals surface area contributed by atoms with Crippen LogP contribution in [0.5, 0.6) is 11.5 Å². The largest absolute Gasteiger partial charge is 0.493 e. The van der Waals surface area contributed by atoms with Crippen LogP contribution in [0.2, 0.25) is 0 Å². The molecule has 1 fully saturated rings. The van der Waals surface area contributed by atoms with Gasteiger partial charge >= 0.3 is 0 Å². The van der Waals surface area contributed by atoms with Gasteiger partial charge in [0, 0.05) is 25.7 Å². The highest BCUT2D eigenvalue weighted by Gasteiger charge is 2.22. The minimum Gasteiger partial charge on any atom is -0.493 e. The average Bonchev–Trinajstić information content (AvgIpc) is 2.76. The zero-order valence-corrected chi connectivity index (χ0v) is 17.6. The summed E-state index contributed by atoms with van der Waals surface area (Å²) in [7, 11) is 5.64. The maximum Gasteiger partial charge on any atom is 0.160 e. The van der Waals surface area contributed by atoms with Gasteiger partial charge in [-0.25, -0.2) is 0 Å². The monoisotopic (exact) mass is 382 g/mol. The van der Waals surface area contributed by atoms with Gasteiger partial charge in [0.15, 0.2) is 11.5 Å². The van der Waals surface area contributed by atoms with Crippen molar-refractivity contribution in [2.45, 2.75) is 31.7 Å². The van der Waals surface area contributed by atoms with Crippen LogP contribution >= 0.6 is 0 Å². The number of rotatable bonds is 9. The minimum atomic E-state index is 0.643. The van der Waals surface area contributed by atoms with Crippen LogP contribution < -0.4 is 9.47 Å². The number of nitrogens with zero attached hydrogens (tertiary/aromatic N) is 2. The third kappa shape index (κ3) is 5.73. The summed E-state index contributed by atoms with van der Waals surface area (Å²) >= 11 is 0. The highest BCUT2D eigenvalue weighted by molar-refractivity contribution is 5.42. The number of piperidine rings is 1. The van der Waals surface area contributed by atoms with Crippen molar-refractivity contribution >= 4 is 0 Å². The van der Waals surface area contributed by atoms with Crippen LogP contribution in [0.4, 0.5) is 0 Å². The SMILES string of the molecule is COc1ccc(CCN(C)[C@H]2CCCN(CCc3ccccc3)C2)cc1OC. The second-order valence-electron chi connectivity index (χ2n) is 7.75. The molecule has 0 radical (unpaired) electrons. The normalized spacial score (nSPS) is 17.6. The van der Waals surface area contributed by atoms with Crippen molar-refractivity contribution in [3.63, 3.8) is 0 Å². The molecule has 1 aliphatic heterocycles. The summed E-state index contributed by atoms with van der Waals surface area (Å²) in [4.78, 5) is 5.17. The Morgan fingerprint density at radius 2 is 1.75 bits per heavy atom. The Morgan fingerprint density at radius 3 is 2.50 bits per heavy atom. The van der Waals surface area contributed by atoms with Crippen LogP contribution in [0, 0.1) is 0 Å². The summed E-state index contributed by atoms with van der Waals surface area (Å²) in [6.45, 7) is 4.62. The molecule has 3 rings (SSSR count). The molecule has 1 aliphatic rings. The predicted octanol–water partition coefficient (Wildman–Crippen LogP) is 3.89. The summed E-state index contributed by atoms with van der Waals surface area (Å²) in [5.41, 5.74) is 2.73. The van der Waals surface area contributed by atoms with E-state index in [1.807, 2.05) is 6.07 Å². The molecule has 28 heavy (non-hydrogen) atoms. The lowest BCUT2D eigenvalue weighted by atomic mass is 10.0. The molecule has 0 saturated carbocycles. The van der Waals surface area contributed by atoms with Crippen molar-refractivity contribution < 1.29 is 9.47 Å². The summed E-state index contributed by atoms with van der Waals surface area (Å²) < 4.78 is 10.8. The van der Waals surface area contributed by atoms with Gasteiger partial charge in [-0.2, -0.15) is 0 Å². The van der Waals surface area contributed by atoms with E-state index >= 15 is 0 Å². The van der Waals surface area contributed by atoms with Crippen LogP contribution in [0.25, 0.3) is 0 Å². The first kappa shape index (κ1) is 20.7. The molecule has 2 aromatic rings. The fourth-order valence-corrected chi connectivity index (χ4v) is 4.05. The van der Waals surface area contributed by atoms with Gasteiger partial charge in [0.05, 0.1) is 14.2 Å². The first-order valence-electron chi connectivity index (χ1n) is 10.4. The molecule has 0 unspecified atom stereocenters. The van der Waals surface area contributed by atoms with Gasteiger partial charge in [-0.1, -0.05) is 36.4 Å². The van der Waals surface area contributed by atoms with Crippen LogP contribution in [0.3, 0.4) is 0 Å². The van der Waals surface area contributed by atoms with E-state index < -0.39 is 0 Å². The average molecular weight is 383 g/mol. The molecular weight excluding hydrogens is 348 g/mol. The molecule has 0 bridgehead atoms. The third-order valence-corrected chi connectivity index (χ3v) is 5.86. The van der Waals surface area contributed by atoms with E-state index in [9.17, 15) is 0 Å². The van der Waals surface area contributed by atoms with Gasteiger partial charge in [0.1, 0.15) is 0 Å². The standard InChI is InChI=1S/C24H34N2O2/c1-25(16-13-21-11-12-23(27-2)24(18-21)28-3)22-10-7-15-26(19-22)17-14-20-8-5-4-6-9-20/h4-6,8-9,11-12,18,22H,7,10,13-17,19H2,1-3H3/t22-/m0/s1. The molecular formula is C24H34N2O2. The van der Waals surface area contributed by atoms with E-state index in [1.165, 1.54) is 37.1 Å². The number of methoxy groups -OCH3 is 2. The third-order valence-electron chi connectivity index (χ3n) is 5.86. The molecule has 4 nitrogen and oxygen atoms in total. The van der Waals surface area contributed by atoms with Crippen molar-refractivity contribution in [1.29, 1.82) is 0 Å². The maximum absolute atomic E-state index is 5.43. The number of likely N-dealkylation sites (tertiary alicyclic amines) is 1. The summed E-state index contributed by atoms with van der Waals surface area (Å²) in [5.74, 6) is 1.60. The fraction of sp³-hybridized carbons (Fsp3) is 0.500. The highest BCUT2D eigenvalue weighted by Crippen LogP contribution is 2.28. The van der Waals surface area contributed by atoms with E-state index in [-0.39, 0.29) is 0 Å². The number of hydrogen-bond acceptors (Lipinski definition) is 4. The van der Waals surface area contributed by atoms with E-state index in [2.05, 4.69) is 59.3 Å². The fourth-order valence-electron chi connectivity index (χ4n) is 4.05. The van der Waals surface area contributed by atoms with Gasteiger partial charge in [0.2, 0.25) is 0 Å². The van der Waals surface area contributed by atoms with Gasteiger partial charge < -0.3 is 19.3 Å². The van der Waals surface area contributed by atoms with Crippen LogP contribution in [-0.4, -0.2) is 63.3 Å². The molecule has 152 valence electrons. The smallest absolute Gasteiger partial charge is 0.160 e. The van der Waals surface area contributed by atoms with Crippen molar-refractivity contribution in [2.75, 3.05) is 47.4 Å². The lowest BCUT2D eigenvalue weighted by Crippen LogP contribution is -2.47. The molecule has 1 atom stereocenters. The van der Waals surface area contributed by atoms with Crippen molar-refractivity contribution in [3.8, 4) is 11.5 Å². The van der Waals surface area contributed by atoms with Crippen molar-refractivity contribution in [1.82, 2.24) is 9.80 Å². The van der Waals surface area contributed by atoms with Crippen LogP contribution in [0.1, 0.15) is 24.0 Å². The first-order valence-corrected chi connectivity index (χ1v) is 10.4. The number of likely N-dealkylation sites (N-methyl/N-ethyl adjacent to an activating group) is 1. The summed E-state index contributed by atoms with van der Waals surface area (Å²) in [5, 5.41) is 0. The van der Waals surface area contributed by atoms with E-state index in [1.54, 1.807) is 14.2 Å². The molecule has 2 aromatic carbocycles. The van der Waals surface area contributed by atoms with Gasteiger partial charge in [-0.3, -0.25) is 0 Å². The lowest BCUT2D eigenvalue weighted by Gasteiger charge is -2.37. The minimum absolute atomic E-state index is 0.643. The topological polar surface area (TPSA) is 24.9 Å². The molecule has 4 heteroatoms. The number of hydrogen-bond donors (Lipinski definition) is 0. The zero-order chi connectivity index (χ0) is 19.8. The summed E-state index contributed by atoms with van der Waals surface area (Å²) in [6.07, 6.45) is 4.75. The Morgan fingerprint density at radius 1 is 0.964 bits per heavy atom. The molecule has 0 aromatic heterocycles. The highest BCUT2D eigenvalue weighted by atomic mass is 16.5. The van der Waals surface area contributed by atoms with Gasteiger partial charge in [0.25, 0.3) is 0 Å². The first-order chi connectivity index (χ1) is 13.7. The predicted molar refractivity (Wildman–Crippen MR) is 115 cm³/mol. The molecule has 0 aliphatic carbocycles. The van der Waals surface area contributed by atoms with E-state index in [0.717, 1.165) is 37.4 Å². The summed E-state index contributed by atoms with van der Waals surface area (Å²) in [6, 6.07) is 17.7. The maximum atomic E-state index is 5.43. The van der Waals surface area contributed by atoms with E-state index in [4.69, 9.17) is 9.47 Å². The Kier molecular flexibility index (Phi) is 7.75. The Labute approximate surface area is 170 Å². The Balaban J connectivity index is 1.48. The second kappa shape index (κ2) is 10.5. The van der Waals surface area contributed by atoms with Gasteiger partial charge in [-0.05, 0) is 62.5 Å². The molecule has 0 spiro atoms. The number of ether oxygens (including phenoxy) is 2. The second-order valence-corrected chi connectivity index (χ2v) is 7.75. The van der Waals surface area contributed by atoms with E-state index in [0.29, 0.717) is 6.04 Å². The van der Waals surface area contributed by atoms with Crippen LogP contribution in [-0.2, 0) is 12.8 Å². The molecule has 1 heterocycles. The molecule has 1 saturated heterocycles. The molecule has 0 amide bonds. The number of benzene rings is 2. The van der Waals surface area contributed by atoms with Gasteiger partial charge in [-0.15, -0.1) is 0 Å². The van der Waals surface area contributed by atoms with Crippen molar-refractivity contribution in [2.24, 2.45) is 0 Å². The Hall–Kier alpha value is -2.04. The van der Waals surface area contributed by atoms with Crippen LogP contribution in [0.15, 0.2) is 48.5 Å². The quantitative estimate of drug-likeness (QED) is 0.657. The zero-order valence-electron chi connectivity index (χ0n) is 17.6. The lowest BCUT2D eigenvalue weighted by molar-refractivity contribution is 0.118. The molecule has 0 N–H and O–H groups in total. The van der Waals surface area contributed by atoms with Crippen molar-refractivity contribution in [3.05, 3.63) is 59.7 Å².